The molecule has 1 heterocycles. The van der Waals surface area contributed by atoms with Crippen molar-refractivity contribution in [2.24, 2.45) is 5.73 Å². The zero-order valence-electron chi connectivity index (χ0n) is 9.48. The van der Waals surface area contributed by atoms with Crippen LogP contribution in [0, 0.1) is 6.92 Å². The van der Waals surface area contributed by atoms with Gasteiger partial charge < -0.3 is 20.5 Å². The Kier molecular flexibility index (Phi) is 4.70. The van der Waals surface area contributed by atoms with Gasteiger partial charge in [-0.25, -0.2) is 14.6 Å². The number of carbonyl (C=O) groups is 2. The summed E-state index contributed by atoms with van der Waals surface area (Å²) >= 11 is 1.18. The summed E-state index contributed by atoms with van der Waals surface area (Å²) < 4.78 is 9.14. The fourth-order valence-electron chi connectivity index (χ4n) is 1.06. The number of amides is 1. The van der Waals surface area contributed by atoms with Gasteiger partial charge in [0, 0.05) is 0 Å². The molecule has 0 spiro atoms. The van der Waals surface area contributed by atoms with Gasteiger partial charge >= 0.3 is 12.1 Å². The van der Waals surface area contributed by atoms with E-state index < -0.39 is 12.1 Å². The maximum absolute atomic E-state index is 11.3. The van der Waals surface area contributed by atoms with E-state index in [1.54, 1.807) is 6.92 Å². The van der Waals surface area contributed by atoms with Crippen LogP contribution >= 0.6 is 11.3 Å². The molecule has 94 valence electrons. The van der Waals surface area contributed by atoms with Crippen molar-refractivity contribution in [2.45, 2.75) is 6.92 Å². The Labute approximate surface area is 102 Å². The number of hydrogen-bond acceptors (Lipinski definition) is 7. The summed E-state index contributed by atoms with van der Waals surface area (Å²) in [5, 5.41) is 3.47. The average molecular weight is 259 g/mol. The van der Waals surface area contributed by atoms with E-state index in [4.69, 9.17) is 5.73 Å². The minimum absolute atomic E-state index is 0.140. The lowest BCUT2D eigenvalue weighted by Gasteiger charge is -2.01. The van der Waals surface area contributed by atoms with Crippen LogP contribution in [0.15, 0.2) is 0 Å². The predicted octanol–water partition coefficient (Wildman–Crippen LogP) is 0.745. The average Bonchev–Trinajstić information content (AvgIpc) is 2.65. The zero-order chi connectivity index (χ0) is 12.8. The molecule has 0 aromatic carbocycles. The number of nitrogens with one attached hydrogen (secondary N) is 1. The quantitative estimate of drug-likeness (QED) is 0.597. The Bertz CT molecular complexity index is 418. The third-order valence-electron chi connectivity index (χ3n) is 1.79. The van der Waals surface area contributed by atoms with E-state index in [0.29, 0.717) is 22.2 Å². The number of ether oxygens (including phenoxy) is 2. The van der Waals surface area contributed by atoms with Crippen molar-refractivity contribution in [2.75, 3.05) is 25.6 Å². The zero-order valence-corrected chi connectivity index (χ0v) is 10.3. The number of rotatable bonds is 5. The van der Waals surface area contributed by atoms with E-state index >= 15 is 0 Å². The molecule has 1 aromatic rings. The molecular formula is C9H13N3O4S. The van der Waals surface area contributed by atoms with Crippen LogP contribution < -0.4 is 11.1 Å². The number of methoxy groups -OCH3 is 1. The Balaban J connectivity index is 2.50. The highest BCUT2D eigenvalue weighted by Gasteiger charge is 2.15. The topological polar surface area (TPSA) is 104 Å². The number of primary amides is 1. The minimum atomic E-state index is -0.822. The van der Waals surface area contributed by atoms with Gasteiger partial charge in [-0.1, -0.05) is 11.3 Å². The van der Waals surface area contributed by atoms with Gasteiger partial charge in [0.1, 0.15) is 11.5 Å². The summed E-state index contributed by atoms with van der Waals surface area (Å²) in [5.41, 5.74) is 5.39. The maximum atomic E-state index is 11.3. The number of carbonyl (C=O) groups excluding carboxylic acids is 2. The number of aryl methyl sites for hydroxylation is 1. The number of anilines is 1. The van der Waals surface area contributed by atoms with Crippen LogP contribution in [0.4, 0.5) is 9.93 Å². The van der Waals surface area contributed by atoms with E-state index in [-0.39, 0.29) is 6.61 Å². The lowest BCUT2D eigenvalue weighted by molar-refractivity contribution is 0.0605. The van der Waals surface area contributed by atoms with Crippen molar-refractivity contribution in [3.05, 3.63) is 10.6 Å². The molecule has 0 unspecified atom stereocenters. The summed E-state index contributed by atoms with van der Waals surface area (Å²) in [4.78, 5) is 26.2. The van der Waals surface area contributed by atoms with Crippen LogP contribution in [0.1, 0.15) is 15.4 Å². The fraction of sp³-hybridized carbons (Fsp3) is 0.444. The Hall–Kier alpha value is -1.83. The van der Waals surface area contributed by atoms with Gasteiger partial charge in [0.15, 0.2) is 5.13 Å². The number of hydrogen-bond donors (Lipinski definition) is 2. The lowest BCUT2D eigenvalue weighted by atomic mass is 10.4. The highest BCUT2D eigenvalue weighted by molar-refractivity contribution is 7.17. The van der Waals surface area contributed by atoms with Gasteiger partial charge in [-0.3, -0.25) is 0 Å². The molecule has 0 aliphatic rings. The molecular weight excluding hydrogens is 246 g/mol. The lowest BCUT2D eigenvalue weighted by Crippen LogP contribution is -2.18. The van der Waals surface area contributed by atoms with Crippen LogP contribution in [0.3, 0.4) is 0 Å². The molecule has 0 radical (unpaired) electrons. The number of nitrogens with zero attached hydrogens (tertiary/aromatic N) is 1. The van der Waals surface area contributed by atoms with Gasteiger partial charge in [0.25, 0.3) is 0 Å². The Morgan fingerprint density at radius 2 is 2.24 bits per heavy atom. The van der Waals surface area contributed by atoms with Gasteiger partial charge in [-0.15, -0.1) is 0 Å². The monoisotopic (exact) mass is 259 g/mol. The molecule has 0 aliphatic carbocycles. The van der Waals surface area contributed by atoms with Crippen LogP contribution in [-0.4, -0.2) is 37.3 Å². The van der Waals surface area contributed by atoms with Gasteiger partial charge in [0.2, 0.25) is 0 Å². The number of nitrogens with two attached hydrogens (primary N) is 1. The van der Waals surface area contributed by atoms with Crippen LogP contribution in [0.25, 0.3) is 0 Å². The summed E-state index contributed by atoms with van der Waals surface area (Å²) in [5.74, 6) is -0.415. The molecule has 1 rings (SSSR count). The van der Waals surface area contributed by atoms with Crippen molar-refractivity contribution in [3.63, 3.8) is 0 Å². The van der Waals surface area contributed by atoms with E-state index in [2.05, 4.69) is 19.8 Å². The van der Waals surface area contributed by atoms with Crippen molar-refractivity contribution < 1.29 is 19.1 Å². The first-order valence-corrected chi connectivity index (χ1v) is 5.58. The predicted molar refractivity (Wildman–Crippen MR) is 62.2 cm³/mol. The van der Waals surface area contributed by atoms with E-state index in [0.717, 1.165) is 0 Å². The van der Waals surface area contributed by atoms with Crippen LogP contribution in [-0.2, 0) is 9.47 Å². The molecule has 0 bridgehead atoms. The van der Waals surface area contributed by atoms with Crippen LogP contribution in [0.5, 0.6) is 0 Å². The van der Waals surface area contributed by atoms with Crippen LogP contribution in [0.2, 0.25) is 0 Å². The third kappa shape index (κ3) is 3.91. The summed E-state index contributed by atoms with van der Waals surface area (Å²) in [6.45, 7) is 2.23. The largest absolute Gasteiger partial charge is 0.465 e. The highest BCUT2D eigenvalue weighted by atomic mass is 32.1. The molecule has 1 amide bonds. The minimum Gasteiger partial charge on any atom is -0.465 e. The number of aromatic nitrogens is 1. The second-order valence-corrected chi connectivity index (χ2v) is 4.02. The van der Waals surface area contributed by atoms with Gasteiger partial charge in [0.05, 0.1) is 19.3 Å². The highest BCUT2D eigenvalue weighted by Crippen LogP contribution is 2.22. The SMILES string of the molecule is COC(=O)c1sc(NCCOC(N)=O)nc1C. The van der Waals surface area contributed by atoms with Crippen molar-refractivity contribution in [3.8, 4) is 0 Å². The second kappa shape index (κ2) is 6.04. The molecule has 0 aliphatic heterocycles. The molecule has 0 saturated carbocycles. The molecule has 0 saturated heterocycles. The van der Waals surface area contributed by atoms with Gasteiger partial charge in [-0.2, -0.15) is 0 Å². The number of thiazole rings is 1. The van der Waals surface area contributed by atoms with E-state index in [1.807, 2.05) is 0 Å². The maximum Gasteiger partial charge on any atom is 0.404 e. The van der Waals surface area contributed by atoms with Crippen molar-refractivity contribution in [1.82, 2.24) is 4.98 Å². The van der Waals surface area contributed by atoms with Gasteiger partial charge in [-0.05, 0) is 6.92 Å². The molecule has 0 fully saturated rings. The van der Waals surface area contributed by atoms with Crippen molar-refractivity contribution >= 4 is 28.5 Å². The normalized spacial score (nSPS) is 9.76. The molecule has 17 heavy (non-hydrogen) atoms. The Morgan fingerprint density at radius 3 is 2.82 bits per heavy atom. The molecule has 8 heteroatoms. The number of esters is 1. The fourth-order valence-corrected chi connectivity index (χ4v) is 1.97. The molecule has 0 atom stereocenters. The Morgan fingerprint density at radius 1 is 1.53 bits per heavy atom. The third-order valence-corrected chi connectivity index (χ3v) is 2.89. The summed E-state index contributed by atoms with van der Waals surface area (Å²) in [6.07, 6.45) is -0.822. The first-order chi connectivity index (χ1) is 8.04. The summed E-state index contributed by atoms with van der Waals surface area (Å²) in [7, 11) is 1.31. The van der Waals surface area contributed by atoms with E-state index in [1.165, 1.54) is 18.4 Å². The molecule has 3 N–H and O–H groups in total. The molecule has 1 aromatic heterocycles. The smallest absolute Gasteiger partial charge is 0.404 e. The second-order valence-electron chi connectivity index (χ2n) is 3.02. The standard InChI is InChI=1S/C9H13N3O4S/c1-5-6(7(13)15-2)17-9(12-5)11-3-4-16-8(10)14/h3-4H2,1-2H3,(H2,10,14)(H,11,12). The molecule has 7 nitrogen and oxygen atoms in total. The van der Waals surface area contributed by atoms with Crippen molar-refractivity contribution in [1.29, 1.82) is 0 Å². The first-order valence-electron chi connectivity index (χ1n) is 4.76. The van der Waals surface area contributed by atoms with E-state index in [9.17, 15) is 9.59 Å². The summed E-state index contributed by atoms with van der Waals surface area (Å²) in [6, 6.07) is 0. The first kappa shape index (κ1) is 13.2.